The van der Waals surface area contributed by atoms with Crippen LogP contribution in [0.5, 0.6) is 0 Å². The molecule has 0 radical (unpaired) electrons. The molecule has 166 valence electrons. The Hall–Kier alpha value is -2.73. The van der Waals surface area contributed by atoms with Gasteiger partial charge in [0.1, 0.15) is 11.9 Å². The number of halogens is 1. The van der Waals surface area contributed by atoms with Crippen molar-refractivity contribution in [3.8, 4) is 0 Å². The first-order valence-corrected chi connectivity index (χ1v) is 11.0. The standard InChI is InChI=1S/C25H32FN3O2/c1-19(2)17-23(30)27-24(21-7-4-3-5-8-21)25(31)29-14-6-13-28(15-16-29)18-20-9-11-22(26)12-10-20/h3-5,7-12,19,24H,6,13-18H2,1-2H3,(H,27,30). The number of nitrogens with one attached hydrogen (secondary N) is 1. The summed E-state index contributed by atoms with van der Waals surface area (Å²) in [5, 5.41) is 2.96. The molecule has 0 aliphatic carbocycles. The van der Waals surface area contributed by atoms with E-state index in [1.54, 1.807) is 12.1 Å². The van der Waals surface area contributed by atoms with Crippen LogP contribution < -0.4 is 5.32 Å². The quantitative estimate of drug-likeness (QED) is 0.735. The molecule has 1 aliphatic rings. The fourth-order valence-corrected chi connectivity index (χ4v) is 3.90. The number of amides is 2. The summed E-state index contributed by atoms with van der Waals surface area (Å²) < 4.78 is 13.2. The number of hydrogen-bond donors (Lipinski definition) is 1. The minimum atomic E-state index is -0.670. The minimum Gasteiger partial charge on any atom is -0.341 e. The second-order valence-electron chi connectivity index (χ2n) is 8.59. The average molecular weight is 426 g/mol. The zero-order chi connectivity index (χ0) is 22.2. The van der Waals surface area contributed by atoms with Crippen molar-refractivity contribution in [2.75, 3.05) is 26.2 Å². The first-order chi connectivity index (χ1) is 14.9. The summed E-state index contributed by atoms with van der Waals surface area (Å²) in [6.45, 7) is 7.58. The fourth-order valence-electron chi connectivity index (χ4n) is 3.90. The fraction of sp³-hybridized carbons (Fsp3) is 0.440. The maximum Gasteiger partial charge on any atom is 0.249 e. The van der Waals surface area contributed by atoms with Gasteiger partial charge in [0.2, 0.25) is 11.8 Å². The highest BCUT2D eigenvalue weighted by molar-refractivity contribution is 5.88. The second kappa shape index (κ2) is 11.0. The zero-order valence-electron chi connectivity index (χ0n) is 18.4. The number of carbonyl (C=O) groups is 2. The Morgan fingerprint density at radius 3 is 2.35 bits per heavy atom. The van der Waals surface area contributed by atoms with Gasteiger partial charge in [-0.15, -0.1) is 0 Å². The molecule has 5 nitrogen and oxygen atoms in total. The lowest BCUT2D eigenvalue weighted by molar-refractivity contribution is -0.136. The zero-order valence-corrected chi connectivity index (χ0v) is 18.4. The Morgan fingerprint density at radius 2 is 1.68 bits per heavy atom. The van der Waals surface area contributed by atoms with Gasteiger partial charge in [-0.05, 0) is 35.6 Å². The van der Waals surface area contributed by atoms with Crippen molar-refractivity contribution < 1.29 is 14.0 Å². The summed E-state index contributed by atoms with van der Waals surface area (Å²) in [6, 6.07) is 15.3. The van der Waals surface area contributed by atoms with E-state index in [1.807, 2.05) is 49.1 Å². The third-order valence-corrected chi connectivity index (χ3v) is 5.50. The van der Waals surface area contributed by atoms with Gasteiger partial charge < -0.3 is 10.2 Å². The average Bonchev–Trinajstić information content (AvgIpc) is 2.99. The van der Waals surface area contributed by atoms with Gasteiger partial charge >= 0.3 is 0 Å². The normalized spacial score (nSPS) is 16.1. The van der Waals surface area contributed by atoms with Crippen LogP contribution in [0.3, 0.4) is 0 Å². The molecule has 2 amide bonds. The second-order valence-corrected chi connectivity index (χ2v) is 8.59. The van der Waals surface area contributed by atoms with E-state index in [0.717, 1.165) is 37.2 Å². The van der Waals surface area contributed by atoms with Crippen molar-refractivity contribution in [1.29, 1.82) is 0 Å². The summed E-state index contributed by atoms with van der Waals surface area (Å²) >= 11 is 0. The number of rotatable bonds is 7. The van der Waals surface area contributed by atoms with Crippen LogP contribution in [0.25, 0.3) is 0 Å². The number of benzene rings is 2. The van der Waals surface area contributed by atoms with E-state index in [-0.39, 0.29) is 23.5 Å². The highest BCUT2D eigenvalue weighted by atomic mass is 19.1. The molecule has 3 rings (SSSR count). The molecule has 1 aliphatic heterocycles. The van der Waals surface area contributed by atoms with Crippen molar-refractivity contribution >= 4 is 11.8 Å². The molecule has 0 aromatic heterocycles. The van der Waals surface area contributed by atoms with Crippen LogP contribution >= 0.6 is 0 Å². The molecule has 1 saturated heterocycles. The largest absolute Gasteiger partial charge is 0.341 e. The summed E-state index contributed by atoms with van der Waals surface area (Å²) in [6.07, 6.45) is 1.25. The molecule has 0 bridgehead atoms. The Bertz CT molecular complexity index is 855. The van der Waals surface area contributed by atoms with E-state index in [4.69, 9.17) is 0 Å². The lowest BCUT2D eigenvalue weighted by atomic mass is 10.0. The van der Waals surface area contributed by atoms with Crippen LogP contribution in [0.15, 0.2) is 54.6 Å². The van der Waals surface area contributed by atoms with Gasteiger partial charge in [0, 0.05) is 39.1 Å². The van der Waals surface area contributed by atoms with Crippen LogP contribution in [0, 0.1) is 11.7 Å². The molecule has 0 saturated carbocycles. The van der Waals surface area contributed by atoms with Gasteiger partial charge in [0.25, 0.3) is 0 Å². The Labute approximate surface area is 184 Å². The number of nitrogens with zero attached hydrogens (tertiary/aromatic N) is 2. The van der Waals surface area contributed by atoms with E-state index in [9.17, 15) is 14.0 Å². The summed E-state index contributed by atoms with van der Waals surface area (Å²) in [5.41, 5.74) is 1.86. The van der Waals surface area contributed by atoms with E-state index in [1.165, 1.54) is 12.1 Å². The molecule has 1 unspecified atom stereocenters. The molecule has 1 heterocycles. The van der Waals surface area contributed by atoms with Crippen LogP contribution in [0.4, 0.5) is 4.39 Å². The van der Waals surface area contributed by atoms with Crippen LogP contribution in [-0.4, -0.2) is 47.8 Å². The van der Waals surface area contributed by atoms with Crippen molar-refractivity contribution in [3.05, 3.63) is 71.5 Å². The SMILES string of the molecule is CC(C)CC(=O)NC(C(=O)N1CCCN(Cc2ccc(F)cc2)CC1)c1ccccc1. The summed E-state index contributed by atoms with van der Waals surface area (Å²) in [7, 11) is 0. The van der Waals surface area contributed by atoms with Crippen molar-refractivity contribution in [1.82, 2.24) is 15.1 Å². The lowest BCUT2D eigenvalue weighted by Gasteiger charge is -2.27. The van der Waals surface area contributed by atoms with E-state index in [2.05, 4.69) is 10.2 Å². The molecule has 1 atom stereocenters. The van der Waals surface area contributed by atoms with Crippen LogP contribution in [0.1, 0.15) is 43.9 Å². The smallest absolute Gasteiger partial charge is 0.249 e. The lowest BCUT2D eigenvalue weighted by Crippen LogP contribution is -2.44. The molecule has 2 aromatic rings. The Balaban J connectivity index is 1.66. The maximum atomic E-state index is 13.4. The highest BCUT2D eigenvalue weighted by Crippen LogP contribution is 2.19. The predicted molar refractivity (Wildman–Crippen MR) is 120 cm³/mol. The minimum absolute atomic E-state index is 0.0630. The third-order valence-electron chi connectivity index (χ3n) is 5.50. The number of carbonyl (C=O) groups excluding carboxylic acids is 2. The van der Waals surface area contributed by atoms with Crippen LogP contribution in [0.2, 0.25) is 0 Å². The molecule has 2 aromatic carbocycles. The van der Waals surface area contributed by atoms with Crippen molar-refractivity contribution in [2.45, 2.75) is 39.3 Å². The van der Waals surface area contributed by atoms with Gasteiger partial charge in [0.05, 0.1) is 0 Å². The monoisotopic (exact) mass is 425 g/mol. The first kappa shape index (κ1) is 22.9. The molecule has 6 heteroatoms. The van der Waals surface area contributed by atoms with Crippen LogP contribution in [-0.2, 0) is 16.1 Å². The van der Waals surface area contributed by atoms with Gasteiger partial charge in [-0.1, -0.05) is 56.3 Å². The molecular formula is C25H32FN3O2. The summed E-state index contributed by atoms with van der Waals surface area (Å²) in [4.78, 5) is 30.0. The maximum absolute atomic E-state index is 13.4. The Morgan fingerprint density at radius 1 is 0.968 bits per heavy atom. The predicted octanol–water partition coefficient (Wildman–Crippen LogP) is 3.76. The van der Waals surface area contributed by atoms with E-state index < -0.39 is 6.04 Å². The molecule has 1 N–H and O–H groups in total. The first-order valence-electron chi connectivity index (χ1n) is 11.0. The van der Waals surface area contributed by atoms with Gasteiger partial charge in [-0.25, -0.2) is 4.39 Å². The molecule has 0 spiro atoms. The van der Waals surface area contributed by atoms with Gasteiger partial charge in [0.15, 0.2) is 0 Å². The molecule has 31 heavy (non-hydrogen) atoms. The van der Waals surface area contributed by atoms with Crippen molar-refractivity contribution in [3.63, 3.8) is 0 Å². The Kier molecular flexibility index (Phi) is 8.18. The van der Waals surface area contributed by atoms with Gasteiger partial charge in [-0.3, -0.25) is 14.5 Å². The van der Waals surface area contributed by atoms with E-state index in [0.29, 0.717) is 19.5 Å². The third kappa shape index (κ3) is 6.89. The van der Waals surface area contributed by atoms with Gasteiger partial charge in [-0.2, -0.15) is 0 Å². The van der Waals surface area contributed by atoms with E-state index >= 15 is 0 Å². The van der Waals surface area contributed by atoms with Crippen molar-refractivity contribution in [2.24, 2.45) is 5.92 Å². The number of hydrogen-bond acceptors (Lipinski definition) is 3. The molecule has 1 fully saturated rings. The highest BCUT2D eigenvalue weighted by Gasteiger charge is 2.29. The summed E-state index contributed by atoms with van der Waals surface area (Å²) in [5.74, 6) is -0.176. The molecular weight excluding hydrogens is 393 g/mol. The topological polar surface area (TPSA) is 52.7 Å².